The van der Waals surface area contributed by atoms with E-state index in [9.17, 15) is 13.2 Å². The molecule has 1 amide bonds. The Morgan fingerprint density at radius 1 is 1.13 bits per heavy atom. The van der Waals surface area contributed by atoms with Gasteiger partial charge in [-0.15, -0.1) is 0 Å². The molecule has 6 nitrogen and oxygen atoms in total. The average molecular weight is 334 g/mol. The van der Waals surface area contributed by atoms with Gasteiger partial charge in [-0.3, -0.25) is 10.0 Å². The Hall–Kier alpha value is -1.96. The average Bonchev–Trinajstić information content (AvgIpc) is 2.60. The van der Waals surface area contributed by atoms with E-state index in [0.717, 1.165) is 17.2 Å². The molecule has 2 aromatic carbocycles. The number of rotatable bonds is 3. The summed E-state index contributed by atoms with van der Waals surface area (Å²) in [4.78, 5) is 12.0. The highest BCUT2D eigenvalue weighted by Crippen LogP contribution is 2.27. The van der Waals surface area contributed by atoms with E-state index in [1.807, 2.05) is 24.3 Å². The van der Waals surface area contributed by atoms with E-state index < -0.39 is 22.0 Å². The fourth-order valence-electron chi connectivity index (χ4n) is 2.99. The summed E-state index contributed by atoms with van der Waals surface area (Å²) in [6.07, 6.45) is 1.85. The van der Waals surface area contributed by atoms with Crippen LogP contribution in [-0.4, -0.2) is 36.4 Å². The van der Waals surface area contributed by atoms with Gasteiger partial charge in [0.15, 0.2) is 0 Å². The fourth-order valence-corrected chi connectivity index (χ4v) is 4.68. The van der Waals surface area contributed by atoms with Gasteiger partial charge >= 0.3 is 0 Å². The Morgan fingerprint density at radius 2 is 1.87 bits per heavy atom. The highest BCUT2D eigenvalue weighted by atomic mass is 32.2. The summed E-state index contributed by atoms with van der Waals surface area (Å²) in [7, 11) is -3.80. The Morgan fingerprint density at radius 3 is 2.61 bits per heavy atom. The molecule has 1 atom stereocenters. The van der Waals surface area contributed by atoms with Gasteiger partial charge in [0.2, 0.25) is 10.0 Å². The molecular weight excluding hydrogens is 316 g/mol. The molecule has 0 saturated carbocycles. The third-order valence-electron chi connectivity index (χ3n) is 4.19. The van der Waals surface area contributed by atoms with Crippen LogP contribution < -0.4 is 5.48 Å². The molecule has 3 rings (SSSR count). The van der Waals surface area contributed by atoms with Crippen molar-refractivity contribution in [2.24, 2.45) is 0 Å². The quantitative estimate of drug-likeness (QED) is 0.663. The normalized spacial score (nSPS) is 19.6. The Balaban J connectivity index is 2.02. The van der Waals surface area contributed by atoms with Crippen molar-refractivity contribution in [2.75, 3.05) is 6.54 Å². The molecule has 0 aliphatic carbocycles. The van der Waals surface area contributed by atoms with E-state index >= 15 is 0 Å². The zero-order valence-corrected chi connectivity index (χ0v) is 13.3. The number of benzene rings is 2. The second-order valence-electron chi connectivity index (χ2n) is 5.61. The molecule has 1 saturated heterocycles. The van der Waals surface area contributed by atoms with E-state index in [0.29, 0.717) is 12.8 Å². The van der Waals surface area contributed by atoms with Crippen LogP contribution in [-0.2, 0) is 14.8 Å². The number of hydrogen-bond donors (Lipinski definition) is 2. The summed E-state index contributed by atoms with van der Waals surface area (Å²) >= 11 is 0. The molecule has 0 radical (unpaired) electrons. The fraction of sp³-hybridized carbons (Fsp3) is 0.312. The number of sulfonamides is 1. The minimum absolute atomic E-state index is 0.161. The number of hydroxylamine groups is 1. The Kier molecular flexibility index (Phi) is 4.34. The predicted octanol–water partition coefficient (Wildman–Crippen LogP) is 1.89. The molecule has 7 heteroatoms. The van der Waals surface area contributed by atoms with Crippen LogP contribution in [0.15, 0.2) is 47.4 Å². The number of carbonyl (C=O) groups is 1. The number of fused-ring (bicyclic) bond motifs is 1. The van der Waals surface area contributed by atoms with Gasteiger partial charge < -0.3 is 0 Å². The van der Waals surface area contributed by atoms with Gasteiger partial charge in [-0.2, -0.15) is 4.31 Å². The molecule has 1 fully saturated rings. The molecule has 1 aliphatic rings. The summed E-state index contributed by atoms with van der Waals surface area (Å²) in [5.41, 5.74) is 1.57. The second kappa shape index (κ2) is 6.27. The summed E-state index contributed by atoms with van der Waals surface area (Å²) in [5.74, 6) is -0.686. The van der Waals surface area contributed by atoms with Crippen molar-refractivity contribution in [1.29, 1.82) is 0 Å². The number of nitrogens with one attached hydrogen (secondary N) is 1. The molecule has 2 aromatic rings. The standard InChI is InChI=1S/C16H18N2O4S/c19-16(17-20)15-7-3-4-10-18(15)23(21,22)14-9-8-12-5-1-2-6-13(12)11-14/h1-2,5-6,8-9,11,15,20H,3-4,7,10H2,(H,17,19)/t15-/m0/s1. The van der Waals surface area contributed by atoms with Crippen molar-refractivity contribution in [3.63, 3.8) is 0 Å². The van der Waals surface area contributed by atoms with Gasteiger partial charge in [-0.25, -0.2) is 13.9 Å². The maximum absolute atomic E-state index is 12.9. The number of nitrogens with zero attached hydrogens (tertiary/aromatic N) is 1. The van der Waals surface area contributed by atoms with Gasteiger partial charge in [0.05, 0.1) is 4.90 Å². The molecule has 0 aromatic heterocycles. The minimum atomic E-state index is -3.80. The maximum atomic E-state index is 12.9. The van der Waals surface area contributed by atoms with E-state index in [2.05, 4.69) is 0 Å². The zero-order chi connectivity index (χ0) is 16.4. The molecule has 1 aliphatic heterocycles. The van der Waals surface area contributed by atoms with Gasteiger partial charge in [-0.1, -0.05) is 36.8 Å². The molecule has 2 N–H and O–H groups in total. The molecule has 0 bridgehead atoms. The monoisotopic (exact) mass is 334 g/mol. The molecule has 0 unspecified atom stereocenters. The number of piperidine rings is 1. The highest BCUT2D eigenvalue weighted by molar-refractivity contribution is 7.89. The summed E-state index contributed by atoms with van der Waals surface area (Å²) in [6, 6.07) is 11.6. The molecule has 1 heterocycles. The van der Waals surface area contributed by atoms with Crippen LogP contribution in [0.4, 0.5) is 0 Å². The number of amides is 1. The highest BCUT2D eigenvalue weighted by Gasteiger charge is 2.37. The topological polar surface area (TPSA) is 86.7 Å². The third kappa shape index (κ3) is 2.95. The zero-order valence-electron chi connectivity index (χ0n) is 12.5. The van der Waals surface area contributed by atoms with Crippen LogP contribution in [0.1, 0.15) is 19.3 Å². The lowest BCUT2D eigenvalue weighted by atomic mass is 10.0. The van der Waals surface area contributed by atoms with E-state index in [1.54, 1.807) is 23.7 Å². The first kappa shape index (κ1) is 15.9. The van der Waals surface area contributed by atoms with Crippen molar-refractivity contribution in [1.82, 2.24) is 9.79 Å². The van der Waals surface area contributed by atoms with Crippen molar-refractivity contribution in [2.45, 2.75) is 30.2 Å². The van der Waals surface area contributed by atoms with Crippen molar-refractivity contribution >= 4 is 26.7 Å². The maximum Gasteiger partial charge on any atom is 0.261 e. The van der Waals surface area contributed by atoms with Gasteiger partial charge in [-0.05, 0) is 35.7 Å². The lowest BCUT2D eigenvalue weighted by molar-refractivity contribution is -0.134. The predicted molar refractivity (Wildman–Crippen MR) is 85.4 cm³/mol. The molecule has 23 heavy (non-hydrogen) atoms. The number of hydrogen-bond acceptors (Lipinski definition) is 4. The summed E-state index contributed by atoms with van der Waals surface area (Å²) in [5, 5.41) is 10.6. The first-order chi connectivity index (χ1) is 11.0. The van der Waals surface area contributed by atoms with Crippen LogP contribution in [0.2, 0.25) is 0 Å². The van der Waals surface area contributed by atoms with Gasteiger partial charge in [0, 0.05) is 6.54 Å². The first-order valence-corrected chi connectivity index (χ1v) is 8.92. The van der Waals surface area contributed by atoms with E-state index in [4.69, 9.17) is 5.21 Å². The van der Waals surface area contributed by atoms with Crippen LogP contribution in [0.25, 0.3) is 10.8 Å². The lowest BCUT2D eigenvalue weighted by Gasteiger charge is -2.33. The van der Waals surface area contributed by atoms with Crippen molar-refractivity contribution in [3.05, 3.63) is 42.5 Å². The van der Waals surface area contributed by atoms with Crippen LogP contribution in [0.5, 0.6) is 0 Å². The van der Waals surface area contributed by atoms with Gasteiger partial charge in [0.1, 0.15) is 6.04 Å². The summed E-state index contributed by atoms with van der Waals surface area (Å²) < 4.78 is 27.0. The smallest absolute Gasteiger partial charge is 0.261 e. The van der Waals surface area contributed by atoms with Crippen LogP contribution in [0, 0.1) is 0 Å². The number of carbonyl (C=O) groups excluding carboxylic acids is 1. The van der Waals surface area contributed by atoms with Crippen molar-refractivity contribution < 1.29 is 18.4 Å². The second-order valence-corrected chi connectivity index (χ2v) is 7.50. The molecule has 0 spiro atoms. The van der Waals surface area contributed by atoms with E-state index in [-0.39, 0.29) is 11.4 Å². The molecule has 122 valence electrons. The van der Waals surface area contributed by atoms with Gasteiger partial charge in [0.25, 0.3) is 5.91 Å². The first-order valence-electron chi connectivity index (χ1n) is 7.48. The molecular formula is C16H18N2O4S. The Bertz CT molecular complexity index is 835. The Labute approximate surface area is 134 Å². The lowest BCUT2D eigenvalue weighted by Crippen LogP contribution is -2.51. The SMILES string of the molecule is O=C(NO)[C@@H]1CCCCN1S(=O)(=O)c1ccc2ccccc2c1. The van der Waals surface area contributed by atoms with Crippen molar-refractivity contribution in [3.8, 4) is 0 Å². The van der Waals surface area contributed by atoms with Crippen LogP contribution in [0.3, 0.4) is 0 Å². The van der Waals surface area contributed by atoms with E-state index in [1.165, 1.54) is 4.31 Å². The third-order valence-corrected chi connectivity index (χ3v) is 6.10. The summed E-state index contributed by atoms with van der Waals surface area (Å²) in [6.45, 7) is 0.271. The largest absolute Gasteiger partial charge is 0.289 e. The minimum Gasteiger partial charge on any atom is -0.289 e. The van der Waals surface area contributed by atoms with Crippen LogP contribution >= 0.6 is 0 Å².